The number of Topliss-reactive ketones (excluding diaryl/α,β-unsaturated/α-hetero) is 1. The van der Waals surface area contributed by atoms with Crippen LogP contribution in [0.5, 0.6) is 5.88 Å². The fourth-order valence-electron chi connectivity index (χ4n) is 4.57. The smallest absolute Gasteiger partial charge is 0.341 e. The summed E-state index contributed by atoms with van der Waals surface area (Å²) in [5, 5.41) is 9.04. The molecule has 176 valence electrons. The highest BCUT2D eigenvalue weighted by atomic mass is 16.5. The maximum Gasteiger partial charge on any atom is 0.341 e. The minimum atomic E-state index is -1.11. The van der Waals surface area contributed by atoms with Gasteiger partial charge < -0.3 is 9.84 Å². The Balaban J connectivity index is 2.00. The highest BCUT2D eigenvalue weighted by Gasteiger charge is 2.40. The van der Waals surface area contributed by atoms with Crippen molar-refractivity contribution < 1.29 is 24.2 Å². The molecule has 0 spiro atoms. The zero-order valence-corrected chi connectivity index (χ0v) is 20.2. The number of esters is 1. The van der Waals surface area contributed by atoms with Crippen molar-refractivity contribution in [2.75, 3.05) is 0 Å². The standard InChI is InChI=1S/C27H33NO5/c1-6-7-8-9-23(29)20-14-22-19(16(2)12-17(3)27(22,4)5)13-21(20)26(32)33-24-11-10-18(15-28-24)25(30)31/h10-11,14-15,17H,6-9,12-13H2,1-5H3,(H,30,31). The Labute approximate surface area is 195 Å². The number of ketones is 1. The van der Waals surface area contributed by atoms with E-state index in [0.717, 1.165) is 43.0 Å². The number of ether oxygens (including phenoxy) is 1. The SMILES string of the molecule is CCCCCC(=O)C1=C(C(=O)Oc2ccc(C(=O)O)cn2)CC2=C(C)CC(C)C(C)(C)C2=C1. The van der Waals surface area contributed by atoms with Crippen LogP contribution in [0.3, 0.4) is 0 Å². The predicted octanol–water partition coefficient (Wildman–Crippen LogP) is 5.84. The van der Waals surface area contributed by atoms with E-state index in [2.05, 4.69) is 39.6 Å². The fourth-order valence-corrected chi connectivity index (χ4v) is 4.57. The molecular weight excluding hydrogens is 418 g/mol. The third-order valence-corrected chi connectivity index (χ3v) is 7.08. The quantitative estimate of drug-likeness (QED) is 0.394. The molecule has 0 bridgehead atoms. The minimum Gasteiger partial charge on any atom is -0.478 e. The van der Waals surface area contributed by atoms with Gasteiger partial charge in [-0.05, 0) is 54.4 Å². The van der Waals surface area contributed by atoms with E-state index < -0.39 is 11.9 Å². The van der Waals surface area contributed by atoms with Crippen LogP contribution in [0.2, 0.25) is 0 Å². The van der Waals surface area contributed by atoms with Gasteiger partial charge in [0.25, 0.3) is 0 Å². The number of pyridine rings is 1. The van der Waals surface area contributed by atoms with E-state index in [9.17, 15) is 14.4 Å². The van der Waals surface area contributed by atoms with Crippen molar-refractivity contribution in [1.29, 1.82) is 0 Å². The number of rotatable bonds is 8. The molecule has 0 aliphatic heterocycles. The highest BCUT2D eigenvalue weighted by molar-refractivity contribution is 6.07. The van der Waals surface area contributed by atoms with Gasteiger partial charge in [-0.2, -0.15) is 0 Å². The number of hydrogen-bond acceptors (Lipinski definition) is 5. The Morgan fingerprint density at radius 3 is 2.55 bits per heavy atom. The number of unbranched alkanes of at least 4 members (excludes halogenated alkanes) is 2. The van der Waals surface area contributed by atoms with Crippen molar-refractivity contribution in [2.24, 2.45) is 11.3 Å². The number of carboxylic acids is 1. The maximum absolute atomic E-state index is 13.2. The molecule has 33 heavy (non-hydrogen) atoms. The van der Waals surface area contributed by atoms with Crippen LogP contribution >= 0.6 is 0 Å². The van der Waals surface area contributed by atoms with Gasteiger partial charge in [0.2, 0.25) is 5.88 Å². The lowest BCUT2D eigenvalue weighted by Gasteiger charge is -2.43. The van der Waals surface area contributed by atoms with Gasteiger partial charge in [0, 0.05) is 30.7 Å². The largest absolute Gasteiger partial charge is 0.478 e. The first-order valence-corrected chi connectivity index (χ1v) is 11.6. The molecule has 6 nitrogen and oxygen atoms in total. The lowest BCUT2D eigenvalue weighted by molar-refractivity contribution is -0.131. The Hall–Kier alpha value is -3.02. The third-order valence-electron chi connectivity index (χ3n) is 7.08. The van der Waals surface area contributed by atoms with Crippen molar-refractivity contribution in [3.05, 3.63) is 57.8 Å². The normalized spacial score (nSPS) is 19.7. The molecule has 0 amide bonds. The molecule has 2 aliphatic rings. The predicted molar refractivity (Wildman–Crippen MR) is 126 cm³/mol. The van der Waals surface area contributed by atoms with Crippen LogP contribution in [0.4, 0.5) is 0 Å². The van der Waals surface area contributed by atoms with E-state index in [-0.39, 0.29) is 22.6 Å². The van der Waals surface area contributed by atoms with Gasteiger partial charge in [0.05, 0.1) is 11.1 Å². The van der Waals surface area contributed by atoms with Gasteiger partial charge in [-0.3, -0.25) is 4.79 Å². The minimum absolute atomic E-state index is 0.00499. The molecule has 3 rings (SSSR count). The molecule has 1 unspecified atom stereocenters. The van der Waals surface area contributed by atoms with Crippen LogP contribution in [0.1, 0.15) is 83.5 Å². The zero-order valence-electron chi connectivity index (χ0n) is 20.2. The number of carbonyl (C=O) groups is 3. The number of allylic oxidation sites excluding steroid dienone is 5. The number of carbonyl (C=O) groups excluding carboxylic acids is 2. The summed E-state index contributed by atoms with van der Waals surface area (Å²) in [6.45, 7) is 10.8. The summed E-state index contributed by atoms with van der Waals surface area (Å²) >= 11 is 0. The van der Waals surface area contributed by atoms with Gasteiger partial charge >= 0.3 is 11.9 Å². The number of hydrogen-bond donors (Lipinski definition) is 1. The van der Waals surface area contributed by atoms with Crippen molar-refractivity contribution in [1.82, 2.24) is 4.98 Å². The zero-order chi connectivity index (χ0) is 24.3. The maximum atomic E-state index is 13.2. The van der Waals surface area contributed by atoms with E-state index in [4.69, 9.17) is 9.84 Å². The number of fused-ring (bicyclic) bond motifs is 1. The average molecular weight is 452 g/mol. The Bertz CT molecular complexity index is 1060. The number of carboxylic acid groups (broad SMARTS) is 1. The molecule has 1 aromatic heterocycles. The molecule has 0 fully saturated rings. The lowest BCUT2D eigenvalue weighted by atomic mass is 9.61. The summed E-state index contributed by atoms with van der Waals surface area (Å²) in [4.78, 5) is 41.4. The summed E-state index contributed by atoms with van der Waals surface area (Å²) in [5.74, 6) is -1.33. The van der Waals surface area contributed by atoms with Crippen LogP contribution in [0.15, 0.2) is 52.3 Å². The van der Waals surface area contributed by atoms with Crippen molar-refractivity contribution in [3.63, 3.8) is 0 Å². The Morgan fingerprint density at radius 1 is 1.21 bits per heavy atom. The Kier molecular flexibility index (Phi) is 7.35. The van der Waals surface area contributed by atoms with Crippen LogP contribution in [0, 0.1) is 11.3 Å². The van der Waals surface area contributed by atoms with Gasteiger partial charge in [-0.15, -0.1) is 0 Å². The van der Waals surface area contributed by atoms with E-state index >= 15 is 0 Å². The molecular formula is C27H33NO5. The molecule has 1 heterocycles. The van der Waals surface area contributed by atoms with Crippen LogP contribution in [0.25, 0.3) is 0 Å². The van der Waals surface area contributed by atoms with Gasteiger partial charge in [-0.1, -0.05) is 46.1 Å². The summed E-state index contributed by atoms with van der Waals surface area (Å²) in [5.41, 5.74) is 4.18. The number of aromatic nitrogens is 1. The van der Waals surface area contributed by atoms with Gasteiger partial charge in [-0.25, -0.2) is 14.6 Å². The van der Waals surface area contributed by atoms with Crippen LogP contribution < -0.4 is 4.74 Å². The van der Waals surface area contributed by atoms with Crippen LogP contribution in [-0.2, 0) is 9.59 Å². The molecule has 2 aliphatic carbocycles. The first-order valence-electron chi connectivity index (χ1n) is 11.6. The monoisotopic (exact) mass is 451 g/mol. The summed E-state index contributed by atoms with van der Waals surface area (Å²) in [7, 11) is 0. The molecule has 6 heteroatoms. The summed E-state index contributed by atoms with van der Waals surface area (Å²) in [6, 6.07) is 2.68. The van der Waals surface area contributed by atoms with Crippen molar-refractivity contribution in [2.45, 2.75) is 73.1 Å². The first kappa shape index (κ1) is 24.6. The number of nitrogens with zero attached hydrogens (tertiary/aromatic N) is 1. The average Bonchev–Trinajstić information content (AvgIpc) is 2.77. The molecule has 0 radical (unpaired) electrons. The highest BCUT2D eigenvalue weighted by Crippen LogP contribution is 2.51. The van der Waals surface area contributed by atoms with E-state index in [1.54, 1.807) is 0 Å². The van der Waals surface area contributed by atoms with E-state index in [1.807, 2.05) is 6.08 Å². The number of aromatic carboxylic acids is 1. The summed E-state index contributed by atoms with van der Waals surface area (Å²) < 4.78 is 5.48. The third kappa shape index (κ3) is 5.15. The second kappa shape index (κ2) is 9.86. The molecule has 0 saturated heterocycles. The van der Waals surface area contributed by atoms with Crippen LogP contribution in [-0.4, -0.2) is 27.8 Å². The van der Waals surface area contributed by atoms with E-state index in [1.165, 1.54) is 17.7 Å². The van der Waals surface area contributed by atoms with Crippen molar-refractivity contribution >= 4 is 17.7 Å². The first-order chi connectivity index (χ1) is 15.6. The fraction of sp³-hybridized carbons (Fsp3) is 0.481. The summed E-state index contributed by atoms with van der Waals surface area (Å²) in [6.07, 6.45) is 7.51. The van der Waals surface area contributed by atoms with E-state index in [0.29, 0.717) is 29.9 Å². The van der Waals surface area contributed by atoms with Crippen molar-refractivity contribution in [3.8, 4) is 5.88 Å². The molecule has 0 aromatic carbocycles. The molecule has 1 atom stereocenters. The van der Waals surface area contributed by atoms with Gasteiger partial charge in [0.15, 0.2) is 5.78 Å². The van der Waals surface area contributed by atoms with Gasteiger partial charge in [0.1, 0.15) is 0 Å². The topological polar surface area (TPSA) is 93.6 Å². The molecule has 0 saturated carbocycles. The molecule has 1 aromatic rings. The lowest BCUT2D eigenvalue weighted by Crippen LogP contribution is -2.33. The Morgan fingerprint density at radius 2 is 1.94 bits per heavy atom. The second-order valence-electron chi connectivity index (χ2n) is 9.67. The molecule has 1 N–H and O–H groups in total. The second-order valence-corrected chi connectivity index (χ2v) is 9.67.